The first kappa shape index (κ1) is 7.72. The van der Waals surface area contributed by atoms with E-state index in [4.69, 9.17) is 5.11 Å². The maximum absolute atomic E-state index is 11.8. The zero-order valence-electron chi connectivity index (χ0n) is 5.75. The zero-order valence-corrected chi connectivity index (χ0v) is 5.75. The molecule has 3 heteroatoms. The van der Waals surface area contributed by atoms with Gasteiger partial charge in [-0.3, -0.25) is 4.79 Å². The van der Waals surface area contributed by atoms with Crippen LogP contribution in [-0.2, 0) is 0 Å². The number of aromatic hydroxyl groups is 1. The number of alkyl halides is 1. The van der Waals surface area contributed by atoms with Crippen molar-refractivity contribution in [2.24, 2.45) is 0 Å². The first-order chi connectivity index (χ1) is 5.24. The number of ketones is 1. The Hall–Kier alpha value is -1.38. The Morgan fingerprint density at radius 2 is 2.27 bits per heavy atom. The summed E-state index contributed by atoms with van der Waals surface area (Å²) in [6.07, 6.45) is 0. The Morgan fingerprint density at radius 3 is 2.82 bits per heavy atom. The highest BCUT2D eigenvalue weighted by Crippen LogP contribution is 2.11. The summed E-state index contributed by atoms with van der Waals surface area (Å²) >= 11 is 0. The molecule has 0 aromatic heterocycles. The molecule has 1 aromatic carbocycles. The fourth-order valence-corrected chi connectivity index (χ4v) is 0.757. The summed E-state index contributed by atoms with van der Waals surface area (Å²) in [5, 5.41) is 8.88. The van der Waals surface area contributed by atoms with E-state index in [0.29, 0.717) is 0 Å². The van der Waals surface area contributed by atoms with Gasteiger partial charge in [0.1, 0.15) is 5.75 Å². The van der Waals surface area contributed by atoms with Crippen LogP contribution in [0.4, 0.5) is 4.39 Å². The lowest BCUT2D eigenvalue weighted by Gasteiger charge is -1.95. The van der Waals surface area contributed by atoms with Crippen molar-refractivity contribution in [1.29, 1.82) is 0 Å². The summed E-state index contributed by atoms with van der Waals surface area (Å²) in [5.41, 5.74) is 0.201. The maximum Gasteiger partial charge on any atom is 0.193 e. The van der Waals surface area contributed by atoms with E-state index in [-0.39, 0.29) is 11.3 Å². The molecule has 0 saturated heterocycles. The van der Waals surface area contributed by atoms with Crippen molar-refractivity contribution in [3.8, 4) is 5.75 Å². The van der Waals surface area contributed by atoms with Crippen LogP contribution in [0.15, 0.2) is 24.3 Å². The third-order valence-corrected chi connectivity index (χ3v) is 1.29. The molecule has 58 valence electrons. The Balaban J connectivity index is 2.96. The van der Waals surface area contributed by atoms with Crippen LogP contribution in [0.25, 0.3) is 0 Å². The largest absolute Gasteiger partial charge is 0.508 e. The molecule has 0 radical (unpaired) electrons. The van der Waals surface area contributed by atoms with Crippen molar-refractivity contribution in [1.82, 2.24) is 0 Å². The van der Waals surface area contributed by atoms with E-state index in [2.05, 4.69) is 0 Å². The summed E-state index contributed by atoms with van der Waals surface area (Å²) in [6, 6.07) is 5.62. The van der Waals surface area contributed by atoms with Crippen LogP contribution in [-0.4, -0.2) is 17.6 Å². The second-order valence-corrected chi connectivity index (χ2v) is 2.11. The number of carbonyl (C=O) groups is 1. The molecule has 0 saturated carbocycles. The Morgan fingerprint density at radius 1 is 1.55 bits per heavy atom. The van der Waals surface area contributed by atoms with E-state index in [1.807, 2.05) is 0 Å². The summed E-state index contributed by atoms with van der Waals surface area (Å²) in [5.74, 6) is -0.634. The first-order valence-electron chi connectivity index (χ1n) is 3.12. The number of phenols is 1. The van der Waals surface area contributed by atoms with Gasteiger partial charge in [-0.1, -0.05) is 12.1 Å². The van der Waals surface area contributed by atoms with Crippen molar-refractivity contribution in [3.63, 3.8) is 0 Å². The molecule has 0 fully saturated rings. The average Bonchev–Trinajstić information content (AvgIpc) is 2.03. The van der Waals surface area contributed by atoms with Gasteiger partial charge in [0.05, 0.1) is 0 Å². The van der Waals surface area contributed by atoms with E-state index in [1.54, 1.807) is 0 Å². The quantitative estimate of drug-likeness (QED) is 0.656. The van der Waals surface area contributed by atoms with E-state index >= 15 is 0 Å². The molecule has 11 heavy (non-hydrogen) atoms. The predicted octanol–water partition coefficient (Wildman–Crippen LogP) is 1.54. The first-order valence-corrected chi connectivity index (χ1v) is 3.12. The molecule has 0 amide bonds. The van der Waals surface area contributed by atoms with Gasteiger partial charge in [0.15, 0.2) is 12.5 Å². The average molecular weight is 154 g/mol. The third-order valence-electron chi connectivity index (χ3n) is 1.29. The van der Waals surface area contributed by atoms with E-state index < -0.39 is 12.5 Å². The maximum atomic E-state index is 11.8. The lowest BCUT2D eigenvalue weighted by atomic mass is 10.1. The number of hydrogen-bond donors (Lipinski definition) is 1. The monoisotopic (exact) mass is 154 g/mol. The van der Waals surface area contributed by atoms with Crippen LogP contribution in [0.5, 0.6) is 5.75 Å². The molecule has 0 unspecified atom stereocenters. The number of Topliss-reactive ketones (excluding diaryl/α,β-unsaturated/α-hetero) is 1. The molecule has 1 aromatic rings. The van der Waals surface area contributed by atoms with Crippen molar-refractivity contribution in [2.75, 3.05) is 6.67 Å². The smallest absolute Gasteiger partial charge is 0.193 e. The van der Waals surface area contributed by atoms with Crippen LogP contribution in [0.2, 0.25) is 0 Å². The number of benzene rings is 1. The highest BCUT2D eigenvalue weighted by molar-refractivity contribution is 5.97. The van der Waals surface area contributed by atoms with E-state index in [1.165, 1.54) is 24.3 Å². The molecule has 0 aliphatic carbocycles. The number of carbonyl (C=O) groups excluding carboxylic acids is 1. The molecule has 2 nitrogen and oxygen atoms in total. The Bertz CT molecular complexity index is 271. The lowest BCUT2D eigenvalue weighted by molar-refractivity contribution is 0.0958. The molecule has 0 heterocycles. The van der Waals surface area contributed by atoms with Crippen LogP contribution in [0.1, 0.15) is 10.4 Å². The van der Waals surface area contributed by atoms with Gasteiger partial charge in [0, 0.05) is 5.56 Å². The van der Waals surface area contributed by atoms with E-state index in [9.17, 15) is 9.18 Å². The fourth-order valence-electron chi connectivity index (χ4n) is 0.757. The molecular weight excluding hydrogens is 147 g/mol. The molecule has 0 aliphatic heterocycles. The molecule has 0 atom stereocenters. The van der Waals surface area contributed by atoms with Crippen LogP contribution >= 0.6 is 0 Å². The highest BCUT2D eigenvalue weighted by Gasteiger charge is 2.03. The third kappa shape index (κ3) is 1.77. The minimum absolute atomic E-state index is 0.0238. The number of rotatable bonds is 2. The number of phenolic OH excluding ortho intramolecular Hbond substituents is 1. The molecule has 0 aliphatic rings. The molecule has 1 rings (SSSR count). The van der Waals surface area contributed by atoms with Gasteiger partial charge in [0.25, 0.3) is 0 Å². The topological polar surface area (TPSA) is 37.3 Å². The highest BCUT2D eigenvalue weighted by atomic mass is 19.1. The van der Waals surface area contributed by atoms with Crippen LogP contribution < -0.4 is 0 Å². The fraction of sp³-hybridized carbons (Fsp3) is 0.125. The van der Waals surface area contributed by atoms with Gasteiger partial charge < -0.3 is 5.11 Å². The van der Waals surface area contributed by atoms with Gasteiger partial charge in [-0.25, -0.2) is 4.39 Å². The Labute approximate surface area is 63.3 Å². The number of hydrogen-bond acceptors (Lipinski definition) is 2. The van der Waals surface area contributed by atoms with Gasteiger partial charge in [-0.05, 0) is 12.1 Å². The normalized spacial score (nSPS) is 9.55. The van der Waals surface area contributed by atoms with Gasteiger partial charge in [-0.2, -0.15) is 0 Å². The lowest BCUT2D eigenvalue weighted by Crippen LogP contribution is -1.99. The summed E-state index contributed by atoms with van der Waals surface area (Å²) in [4.78, 5) is 10.7. The van der Waals surface area contributed by atoms with Crippen LogP contribution in [0.3, 0.4) is 0 Å². The summed E-state index contributed by atoms with van der Waals surface area (Å²) in [6.45, 7) is -1.02. The summed E-state index contributed by atoms with van der Waals surface area (Å²) < 4.78 is 11.8. The molecule has 0 spiro atoms. The molecule has 0 bridgehead atoms. The standard InChI is InChI=1S/C8H7FO2/c9-5-8(11)6-2-1-3-7(10)4-6/h1-4,10H,5H2. The second-order valence-electron chi connectivity index (χ2n) is 2.11. The van der Waals surface area contributed by atoms with Crippen molar-refractivity contribution < 1.29 is 14.3 Å². The minimum Gasteiger partial charge on any atom is -0.508 e. The van der Waals surface area contributed by atoms with Gasteiger partial charge in [-0.15, -0.1) is 0 Å². The van der Waals surface area contributed by atoms with Gasteiger partial charge >= 0.3 is 0 Å². The van der Waals surface area contributed by atoms with Crippen LogP contribution in [0, 0.1) is 0 Å². The minimum atomic E-state index is -1.02. The number of halogens is 1. The van der Waals surface area contributed by atoms with Crippen molar-refractivity contribution in [3.05, 3.63) is 29.8 Å². The van der Waals surface area contributed by atoms with E-state index in [0.717, 1.165) is 0 Å². The summed E-state index contributed by atoms with van der Waals surface area (Å²) in [7, 11) is 0. The van der Waals surface area contributed by atoms with Crippen molar-refractivity contribution >= 4 is 5.78 Å². The predicted molar refractivity (Wildman–Crippen MR) is 38.4 cm³/mol. The Kier molecular flexibility index (Phi) is 2.21. The molecular formula is C8H7FO2. The zero-order chi connectivity index (χ0) is 8.27. The van der Waals surface area contributed by atoms with Crippen molar-refractivity contribution in [2.45, 2.75) is 0 Å². The SMILES string of the molecule is O=C(CF)c1cccc(O)c1. The molecule has 1 N–H and O–H groups in total. The van der Waals surface area contributed by atoms with Gasteiger partial charge in [0.2, 0.25) is 0 Å². The second kappa shape index (κ2) is 3.14.